The summed E-state index contributed by atoms with van der Waals surface area (Å²) in [7, 11) is -7.76. The molecule has 0 amide bonds. The number of nitrogens with zero attached hydrogens (tertiary/aromatic N) is 1. The fourth-order valence-corrected chi connectivity index (χ4v) is 5.63. The van der Waals surface area contributed by atoms with E-state index in [4.69, 9.17) is 9.15 Å². The van der Waals surface area contributed by atoms with Gasteiger partial charge in [0.15, 0.2) is 0 Å². The average Bonchev–Trinajstić information content (AvgIpc) is 2.74. The number of morpholine rings is 1. The van der Waals surface area contributed by atoms with E-state index in [1.165, 1.54) is 58.9 Å². The zero-order valence-electron chi connectivity index (χ0n) is 15.6. The molecular formula is C19H18N2O7S2. The van der Waals surface area contributed by atoms with Gasteiger partial charge in [0.05, 0.1) is 28.7 Å². The van der Waals surface area contributed by atoms with Gasteiger partial charge in [0.1, 0.15) is 5.58 Å². The van der Waals surface area contributed by atoms with Crippen molar-refractivity contribution in [3.8, 4) is 0 Å². The van der Waals surface area contributed by atoms with Gasteiger partial charge in [-0.25, -0.2) is 21.6 Å². The van der Waals surface area contributed by atoms with Gasteiger partial charge in [0.25, 0.3) is 10.0 Å². The summed E-state index contributed by atoms with van der Waals surface area (Å²) in [5, 5.41) is 0.445. The summed E-state index contributed by atoms with van der Waals surface area (Å²) in [6, 6.07) is 12.4. The van der Waals surface area contributed by atoms with Crippen LogP contribution in [0.15, 0.2) is 73.6 Å². The Balaban J connectivity index is 1.63. The third-order valence-electron chi connectivity index (χ3n) is 4.60. The highest BCUT2D eigenvalue weighted by atomic mass is 32.2. The summed E-state index contributed by atoms with van der Waals surface area (Å²) in [6.07, 6.45) is 0. The SMILES string of the molecule is O=c1ccc2cc(S(=O)(=O)Nc3cccc(S(=O)(=O)N4CCOCC4)c3)ccc2o1. The molecule has 0 saturated carbocycles. The normalized spacial score (nSPS) is 15.9. The molecule has 0 atom stereocenters. The standard InChI is InChI=1S/C19H18N2O7S2/c22-19-7-4-14-12-16(5-6-18(14)28-19)29(23,24)20-15-2-1-3-17(13-15)30(25,26)21-8-10-27-11-9-21/h1-7,12-13,20H,8-11H2. The lowest BCUT2D eigenvalue weighted by atomic mass is 10.2. The average molecular weight is 450 g/mol. The molecule has 158 valence electrons. The van der Waals surface area contributed by atoms with E-state index >= 15 is 0 Å². The van der Waals surface area contributed by atoms with Crippen LogP contribution in [0.1, 0.15) is 0 Å². The van der Waals surface area contributed by atoms with Crippen molar-refractivity contribution in [1.82, 2.24) is 4.31 Å². The van der Waals surface area contributed by atoms with Gasteiger partial charge in [-0.1, -0.05) is 6.07 Å². The number of sulfonamides is 2. The van der Waals surface area contributed by atoms with Crippen molar-refractivity contribution in [2.24, 2.45) is 0 Å². The summed E-state index contributed by atoms with van der Waals surface area (Å²) in [5.41, 5.74) is -0.154. The molecule has 0 radical (unpaired) electrons. The molecule has 1 fully saturated rings. The van der Waals surface area contributed by atoms with E-state index in [0.29, 0.717) is 18.6 Å². The minimum Gasteiger partial charge on any atom is -0.423 e. The summed E-state index contributed by atoms with van der Waals surface area (Å²) >= 11 is 0. The van der Waals surface area contributed by atoms with Gasteiger partial charge in [-0.05, 0) is 42.5 Å². The molecule has 1 aromatic heterocycles. The van der Waals surface area contributed by atoms with Crippen LogP contribution < -0.4 is 10.3 Å². The smallest absolute Gasteiger partial charge is 0.336 e. The number of nitrogens with one attached hydrogen (secondary N) is 1. The predicted octanol–water partition coefficient (Wildman–Crippen LogP) is 1.61. The highest BCUT2D eigenvalue weighted by Gasteiger charge is 2.27. The van der Waals surface area contributed by atoms with E-state index < -0.39 is 25.7 Å². The molecule has 1 N–H and O–H groups in total. The minimum atomic E-state index is -4.00. The zero-order chi connectivity index (χ0) is 21.4. The van der Waals surface area contributed by atoms with Crippen LogP contribution in [-0.2, 0) is 24.8 Å². The first-order valence-corrected chi connectivity index (χ1v) is 11.9. The Kier molecular flexibility index (Phi) is 5.36. The number of fused-ring (bicyclic) bond motifs is 1. The molecular weight excluding hydrogens is 432 g/mol. The maximum atomic E-state index is 12.8. The Morgan fingerprint density at radius 2 is 1.63 bits per heavy atom. The molecule has 0 unspecified atom stereocenters. The second kappa shape index (κ2) is 7.84. The summed E-state index contributed by atoms with van der Waals surface area (Å²) in [6.45, 7) is 1.11. The summed E-state index contributed by atoms with van der Waals surface area (Å²) in [4.78, 5) is 11.2. The summed E-state index contributed by atoms with van der Waals surface area (Å²) < 4.78 is 65.1. The lowest BCUT2D eigenvalue weighted by molar-refractivity contribution is 0.0730. The van der Waals surface area contributed by atoms with Crippen molar-refractivity contribution >= 4 is 36.7 Å². The molecule has 30 heavy (non-hydrogen) atoms. The van der Waals surface area contributed by atoms with Crippen molar-refractivity contribution in [2.45, 2.75) is 9.79 Å². The summed E-state index contributed by atoms with van der Waals surface area (Å²) in [5.74, 6) is 0. The van der Waals surface area contributed by atoms with Crippen LogP contribution in [-0.4, -0.2) is 47.4 Å². The minimum absolute atomic E-state index is 0.00936. The first-order chi connectivity index (χ1) is 14.3. The molecule has 1 aliphatic heterocycles. The van der Waals surface area contributed by atoms with Crippen molar-refractivity contribution < 1.29 is 26.0 Å². The number of benzene rings is 2. The lowest BCUT2D eigenvalue weighted by Gasteiger charge is -2.26. The highest BCUT2D eigenvalue weighted by Crippen LogP contribution is 2.24. The van der Waals surface area contributed by atoms with Crippen molar-refractivity contribution in [2.75, 3.05) is 31.0 Å². The largest absolute Gasteiger partial charge is 0.423 e. The number of hydrogen-bond acceptors (Lipinski definition) is 7. The maximum absolute atomic E-state index is 12.8. The number of hydrogen-bond donors (Lipinski definition) is 1. The van der Waals surface area contributed by atoms with Gasteiger partial charge >= 0.3 is 5.63 Å². The topological polar surface area (TPSA) is 123 Å². The first kappa shape index (κ1) is 20.5. The Morgan fingerprint density at radius 3 is 2.40 bits per heavy atom. The van der Waals surface area contributed by atoms with Crippen LogP contribution in [0.3, 0.4) is 0 Å². The fraction of sp³-hybridized carbons (Fsp3) is 0.211. The van der Waals surface area contributed by atoms with Gasteiger partial charge < -0.3 is 9.15 Å². The Morgan fingerprint density at radius 1 is 0.867 bits per heavy atom. The van der Waals surface area contributed by atoms with Gasteiger partial charge in [-0.2, -0.15) is 4.31 Å². The lowest BCUT2D eigenvalue weighted by Crippen LogP contribution is -2.40. The van der Waals surface area contributed by atoms with Crippen molar-refractivity contribution in [3.63, 3.8) is 0 Å². The van der Waals surface area contributed by atoms with Crippen molar-refractivity contribution in [3.05, 3.63) is 65.0 Å². The molecule has 3 aromatic rings. The van der Waals surface area contributed by atoms with E-state index in [1.54, 1.807) is 0 Å². The molecule has 0 bridgehead atoms. The molecule has 9 nitrogen and oxygen atoms in total. The molecule has 0 spiro atoms. The molecule has 1 aliphatic rings. The molecule has 2 heterocycles. The molecule has 2 aromatic carbocycles. The van der Waals surface area contributed by atoms with E-state index in [2.05, 4.69) is 4.72 Å². The third-order valence-corrected chi connectivity index (χ3v) is 7.87. The Bertz CT molecular complexity index is 1360. The fourth-order valence-electron chi connectivity index (χ4n) is 3.09. The Labute approximate surface area is 173 Å². The van der Waals surface area contributed by atoms with Crippen LogP contribution in [0.25, 0.3) is 11.0 Å². The van der Waals surface area contributed by atoms with Crippen LogP contribution in [0.5, 0.6) is 0 Å². The second-order valence-corrected chi connectivity index (χ2v) is 10.2. The van der Waals surface area contributed by atoms with Gasteiger partial charge in [0.2, 0.25) is 10.0 Å². The maximum Gasteiger partial charge on any atom is 0.336 e. The van der Waals surface area contributed by atoms with E-state index in [0.717, 1.165) is 0 Å². The van der Waals surface area contributed by atoms with E-state index in [1.807, 2.05) is 0 Å². The van der Waals surface area contributed by atoms with Gasteiger partial charge in [0, 0.05) is 24.5 Å². The quantitative estimate of drug-likeness (QED) is 0.586. The highest BCUT2D eigenvalue weighted by molar-refractivity contribution is 7.92. The van der Waals surface area contributed by atoms with E-state index in [-0.39, 0.29) is 34.2 Å². The molecule has 4 rings (SSSR count). The number of ether oxygens (including phenoxy) is 1. The van der Waals surface area contributed by atoms with Crippen LogP contribution in [0.4, 0.5) is 5.69 Å². The first-order valence-electron chi connectivity index (χ1n) is 9.00. The molecule has 1 saturated heterocycles. The van der Waals surface area contributed by atoms with Gasteiger partial charge in [-0.15, -0.1) is 0 Å². The zero-order valence-corrected chi connectivity index (χ0v) is 17.3. The van der Waals surface area contributed by atoms with Crippen molar-refractivity contribution in [1.29, 1.82) is 0 Å². The Hall–Kier alpha value is -2.73. The number of rotatable bonds is 5. The van der Waals surface area contributed by atoms with Crippen LogP contribution in [0.2, 0.25) is 0 Å². The van der Waals surface area contributed by atoms with E-state index in [9.17, 15) is 21.6 Å². The van der Waals surface area contributed by atoms with Crippen LogP contribution in [0, 0.1) is 0 Å². The number of anilines is 1. The molecule has 11 heteroatoms. The molecule has 0 aliphatic carbocycles. The van der Waals surface area contributed by atoms with Crippen LogP contribution >= 0.6 is 0 Å². The second-order valence-electron chi connectivity index (χ2n) is 6.60. The predicted molar refractivity (Wildman–Crippen MR) is 109 cm³/mol. The van der Waals surface area contributed by atoms with Gasteiger partial charge in [-0.3, -0.25) is 4.72 Å². The monoisotopic (exact) mass is 450 g/mol. The third kappa shape index (κ3) is 4.10.